The highest BCUT2D eigenvalue weighted by atomic mass is 32.1. The third kappa shape index (κ3) is 5.64. The molecule has 0 saturated heterocycles. The van der Waals surface area contributed by atoms with Gasteiger partial charge in [-0.15, -0.1) is 11.3 Å². The van der Waals surface area contributed by atoms with Crippen molar-refractivity contribution in [2.75, 3.05) is 47.4 Å². The molecule has 1 unspecified atom stereocenters. The zero-order valence-corrected chi connectivity index (χ0v) is 18.6. The average Bonchev–Trinajstić information content (AvgIpc) is 3.29. The van der Waals surface area contributed by atoms with Crippen molar-refractivity contribution >= 4 is 17.3 Å². The van der Waals surface area contributed by atoms with E-state index in [-0.39, 0.29) is 0 Å². The van der Waals surface area contributed by atoms with Crippen LogP contribution in [0.1, 0.15) is 28.8 Å². The maximum Gasteiger partial charge on any atom is 0.191 e. The predicted molar refractivity (Wildman–Crippen MR) is 121 cm³/mol. The van der Waals surface area contributed by atoms with Crippen LogP contribution in [-0.2, 0) is 13.0 Å². The summed E-state index contributed by atoms with van der Waals surface area (Å²) in [6, 6.07) is 8.52. The minimum absolute atomic E-state index is 0.471. The first kappa shape index (κ1) is 21.5. The van der Waals surface area contributed by atoms with Gasteiger partial charge in [0.2, 0.25) is 0 Å². The molecule has 1 atom stereocenters. The van der Waals surface area contributed by atoms with E-state index in [0.29, 0.717) is 5.92 Å². The Morgan fingerprint density at radius 1 is 1.21 bits per heavy atom. The quantitative estimate of drug-likeness (QED) is 0.512. The smallest absolute Gasteiger partial charge is 0.191 e. The van der Waals surface area contributed by atoms with E-state index in [0.717, 1.165) is 56.6 Å². The SMILES string of the molecule is CN=C(NCCN1CCc2cc(OC)c(OC)cc2C1)NCC(C)c1cccs1. The molecular formula is C22H32N4O2S. The van der Waals surface area contributed by atoms with E-state index in [1.54, 1.807) is 25.6 Å². The Kier molecular flexibility index (Phi) is 7.77. The lowest BCUT2D eigenvalue weighted by molar-refractivity contribution is 0.256. The van der Waals surface area contributed by atoms with E-state index in [1.807, 2.05) is 7.05 Å². The molecule has 0 radical (unpaired) electrons. The first-order valence-corrected chi connectivity index (χ1v) is 11.0. The molecule has 0 aliphatic carbocycles. The zero-order chi connectivity index (χ0) is 20.6. The molecule has 1 aromatic heterocycles. The van der Waals surface area contributed by atoms with E-state index >= 15 is 0 Å². The van der Waals surface area contributed by atoms with Gasteiger partial charge in [-0.1, -0.05) is 13.0 Å². The molecule has 0 bridgehead atoms. The molecule has 0 saturated carbocycles. The Labute approximate surface area is 177 Å². The van der Waals surface area contributed by atoms with E-state index in [2.05, 4.69) is 57.1 Å². The van der Waals surface area contributed by atoms with Crippen LogP contribution in [0.4, 0.5) is 0 Å². The van der Waals surface area contributed by atoms with Crippen LogP contribution in [0.3, 0.4) is 0 Å². The van der Waals surface area contributed by atoms with Gasteiger partial charge < -0.3 is 20.1 Å². The fourth-order valence-corrected chi connectivity index (χ4v) is 4.39. The molecule has 3 rings (SSSR count). The topological polar surface area (TPSA) is 58.1 Å². The second kappa shape index (κ2) is 10.5. The van der Waals surface area contributed by atoms with Crippen LogP contribution in [0.5, 0.6) is 11.5 Å². The molecule has 158 valence electrons. The van der Waals surface area contributed by atoms with Gasteiger partial charge in [0.1, 0.15) is 0 Å². The molecule has 2 heterocycles. The Bertz CT molecular complexity index is 807. The molecule has 1 aromatic carbocycles. The average molecular weight is 417 g/mol. The van der Waals surface area contributed by atoms with Gasteiger partial charge in [0.05, 0.1) is 14.2 Å². The third-order valence-corrected chi connectivity index (χ3v) is 6.45. The number of methoxy groups -OCH3 is 2. The van der Waals surface area contributed by atoms with Crippen molar-refractivity contribution in [2.45, 2.75) is 25.8 Å². The van der Waals surface area contributed by atoms with Gasteiger partial charge >= 0.3 is 0 Å². The summed E-state index contributed by atoms with van der Waals surface area (Å²) in [6.07, 6.45) is 1.03. The fourth-order valence-electron chi connectivity index (χ4n) is 3.61. The Morgan fingerprint density at radius 3 is 2.62 bits per heavy atom. The number of hydrogen-bond donors (Lipinski definition) is 2. The summed E-state index contributed by atoms with van der Waals surface area (Å²) in [5.41, 5.74) is 2.67. The van der Waals surface area contributed by atoms with Gasteiger partial charge in [0.25, 0.3) is 0 Å². The van der Waals surface area contributed by atoms with Crippen LogP contribution >= 0.6 is 11.3 Å². The molecule has 1 aliphatic heterocycles. The molecule has 0 amide bonds. The van der Waals surface area contributed by atoms with Gasteiger partial charge in [-0.3, -0.25) is 9.89 Å². The minimum atomic E-state index is 0.471. The lowest BCUT2D eigenvalue weighted by Crippen LogP contribution is -2.43. The maximum absolute atomic E-state index is 5.46. The molecule has 0 fully saturated rings. The van der Waals surface area contributed by atoms with Gasteiger partial charge in [0, 0.05) is 50.6 Å². The molecule has 6 nitrogen and oxygen atoms in total. The van der Waals surface area contributed by atoms with Crippen molar-refractivity contribution in [3.8, 4) is 11.5 Å². The van der Waals surface area contributed by atoms with Crippen LogP contribution in [0.2, 0.25) is 0 Å². The summed E-state index contributed by atoms with van der Waals surface area (Å²) in [5.74, 6) is 2.94. The highest BCUT2D eigenvalue weighted by molar-refractivity contribution is 7.10. The highest BCUT2D eigenvalue weighted by Crippen LogP contribution is 2.33. The van der Waals surface area contributed by atoms with Crippen molar-refractivity contribution in [3.05, 3.63) is 45.6 Å². The second-order valence-corrected chi connectivity index (χ2v) is 8.28. The number of ether oxygens (including phenoxy) is 2. The zero-order valence-electron chi connectivity index (χ0n) is 17.8. The van der Waals surface area contributed by atoms with Crippen LogP contribution in [0.15, 0.2) is 34.6 Å². The largest absolute Gasteiger partial charge is 0.493 e. The predicted octanol–water partition coefficient (Wildman–Crippen LogP) is 3.09. The third-order valence-electron chi connectivity index (χ3n) is 5.35. The van der Waals surface area contributed by atoms with Gasteiger partial charge in [0.15, 0.2) is 17.5 Å². The van der Waals surface area contributed by atoms with Crippen molar-refractivity contribution in [1.82, 2.24) is 15.5 Å². The van der Waals surface area contributed by atoms with Crippen molar-refractivity contribution < 1.29 is 9.47 Å². The van der Waals surface area contributed by atoms with Crippen molar-refractivity contribution in [1.29, 1.82) is 0 Å². The number of benzene rings is 1. The van der Waals surface area contributed by atoms with Crippen LogP contribution < -0.4 is 20.1 Å². The monoisotopic (exact) mass is 416 g/mol. The number of hydrogen-bond acceptors (Lipinski definition) is 5. The van der Waals surface area contributed by atoms with Crippen LogP contribution in [0.25, 0.3) is 0 Å². The summed E-state index contributed by atoms with van der Waals surface area (Å²) in [7, 11) is 5.20. The lowest BCUT2D eigenvalue weighted by Gasteiger charge is -2.29. The van der Waals surface area contributed by atoms with Crippen LogP contribution in [0, 0.1) is 0 Å². The first-order chi connectivity index (χ1) is 14.1. The standard InChI is InChI=1S/C22H32N4O2S/c1-16(21-6-5-11-29-21)14-25-22(23-2)24-8-10-26-9-7-17-12-19(27-3)20(28-4)13-18(17)15-26/h5-6,11-13,16H,7-10,14-15H2,1-4H3,(H2,23,24,25). The van der Waals surface area contributed by atoms with Gasteiger partial charge in [-0.05, 0) is 41.1 Å². The van der Waals surface area contributed by atoms with E-state index in [9.17, 15) is 0 Å². The first-order valence-electron chi connectivity index (χ1n) is 10.1. The summed E-state index contributed by atoms with van der Waals surface area (Å²) in [5, 5.41) is 9.00. The molecule has 2 N–H and O–H groups in total. The number of guanidine groups is 1. The highest BCUT2D eigenvalue weighted by Gasteiger charge is 2.19. The molecule has 0 spiro atoms. The molecule has 2 aromatic rings. The second-order valence-electron chi connectivity index (χ2n) is 7.30. The summed E-state index contributed by atoms with van der Waals surface area (Å²) in [6.45, 7) is 6.91. The number of rotatable bonds is 8. The molecule has 7 heteroatoms. The van der Waals surface area contributed by atoms with E-state index in [1.165, 1.54) is 16.0 Å². The summed E-state index contributed by atoms with van der Waals surface area (Å²) >= 11 is 1.80. The van der Waals surface area contributed by atoms with Crippen molar-refractivity contribution in [2.24, 2.45) is 4.99 Å². The summed E-state index contributed by atoms with van der Waals surface area (Å²) in [4.78, 5) is 8.21. The minimum Gasteiger partial charge on any atom is -0.493 e. The molecule has 1 aliphatic rings. The van der Waals surface area contributed by atoms with Crippen molar-refractivity contribution in [3.63, 3.8) is 0 Å². The number of nitrogens with zero attached hydrogens (tertiary/aromatic N) is 2. The number of fused-ring (bicyclic) bond motifs is 1. The van der Waals surface area contributed by atoms with Crippen LogP contribution in [-0.4, -0.2) is 58.3 Å². The number of nitrogens with one attached hydrogen (secondary N) is 2. The molecule has 29 heavy (non-hydrogen) atoms. The van der Waals surface area contributed by atoms with E-state index < -0.39 is 0 Å². The number of thiophene rings is 1. The summed E-state index contributed by atoms with van der Waals surface area (Å²) < 4.78 is 10.9. The Hall–Kier alpha value is -2.25. The Morgan fingerprint density at radius 2 is 1.97 bits per heavy atom. The number of aliphatic imine (C=N–C) groups is 1. The fraction of sp³-hybridized carbons (Fsp3) is 0.500. The van der Waals surface area contributed by atoms with E-state index in [4.69, 9.17) is 9.47 Å². The normalized spacial score (nSPS) is 15.5. The molecular weight excluding hydrogens is 384 g/mol. The Balaban J connectivity index is 1.45. The van der Waals surface area contributed by atoms with Gasteiger partial charge in [-0.25, -0.2) is 0 Å². The van der Waals surface area contributed by atoms with Gasteiger partial charge in [-0.2, -0.15) is 0 Å². The maximum atomic E-state index is 5.46. The lowest BCUT2D eigenvalue weighted by atomic mass is 9.99.